The average Bonchev–Trinajstić information content (AvgIpc) is 2.74. The van der Waals surface area contributed by atoms with Crippen molar-refractivity contribution in [2.75, 3.05) is 45.9 Å². The van der Waals surface area contributed by atoms with Crippen molar-refractivity contribution >= 4 is 25.6 Å². The van der Waals surface area contributed by atoms with Gasteiger partial charge < -0.3 is 23.5 Å². The molecule has 0 aliphatic carbocycles. The molecule has 9 heteroatoms. The molecule has 0 aromatic heterocycles. The van der Waals surface area contributed by atoms with E-state index in [1.54, 1.807) is 0 Å². The number of rotatable bonds is 23. The molecule has 0 heterocycles. The number of esters is 1. The minimum atomic E-state index is -4.76. The van der Waals surface area contributed by atoms with Crippen LogP contribution in [0.5, 0.6) is 0 Å². The summed E-state index contributed by atoms with van der Waals surface area (Å²) < 4.78 is 21.3. The van der Waals surface area contributed by atoms with Crippen molar-refractivity contribution in [3.8, 4) is 0 Å². The van der Waals surface area contributed by atoms with Crippen LogP contribution in [0, 0.1) is 5.92 Å². The lowest BCUT2D eigenvalue weighted by atomic mass is 10.1. The molecular formula is C25H52NO6PS. The van der Waals surface area contributed by atoms with E-state index in [0.717, 1.165) is 11.5 Å². The first kappa shape index (κ1) is 33.9. The molecule has 34 heavy (non-hydrogen) atoms. The zero-order valence-electron chi connectivity index (χ0n) is 22.5. The largest absolute Gasteiger partial charge is 0.756 e. The maximum atomic E-state index is 12.2. The SMILES string of the molecule is CCCCCCCCCCCCCCSCC(C)C(=O)OCCC(COP(=O)([O-])O)[N+](C)(C)C. The minimum absolute atomic E-state index is 0.150. The first-order valence-electron chi connectivity index (χ1n) is 13.2. The molecule has 204 valence electrons. The quantitative estimate of drug-likeness (QED) is 0.0809. The van der Waals surface area contributed by atoms with Crippen LogP contribution in [0.1, 0.15) is 97.3 Å². The van der Waals surface area contributed by atoms with Gasteiger partial charge in [0.1, 0.15) is 12.6 Å². The summed E-state index contributed by atoms with van der Waals surface area (Å²) in [6, 6.07) is -0.224. The fourth-order valence-electron chi connectivity index (χ4n) is 3.69. The third-order valence-corrected chi connectivity index (χ3v) is 7.92. The van der Waals surface area contributed by atoms with E-state index in [2.05, 4.69) is 11.4 Å². The Balaban J connectivity index is 3.75. The Morgan fingerprint density at radius 3 is 1.94 bits per heavy atom. The molecule has 7 nitrogen and oxygen atoms in total. The summed E-state index contributed by atoms with van der Waals surface area (Å²) in [6.45, 7) is 4.20. The van der Waals surface area contributed by atoms with Crippen LogP contribution in [-0.4, -0.2) is 67.3 Å². The molecule has 0 aromatic carbocycles. The van der Waals surface area contributed by atoms with Crippen LogP contribution in [0.4, 0.5) is 0 Å². The number of hydrogen-bond donors (Lipinski definition) is 1. The van der Waals surface area contributed by atoms with E-state index in [-0.39, 0.29) is 31.1 Å². The predicted octanol–water partition coefficient (Wildman–Crippen LogP) is 5.54. The van der Waals surface area contributed by atoms with Crippen molar-refractivity contribution in [2.24, 2.45) is 5.92 Å². The fraction of sp³-hybridized carbons (Fsp3) is 0.960. The summed E-state index contributed by atoms with van der Waals surface area (Å²) in [5, 5.41) is 0. The number of phosphoric acid groups is 1. The van der Waals surface area contributed by atoms with Crippen molar-refractivity contribution in [3.05, 3.63) is 0 Å². The van der Waals surface area contributed by atoms with Gasteiger partial charge in [-0.3, -0.25) is 9.36 Å². The molecule has 0 fully saturated rings. The molecule has 0 radical (unpaired) electrons. The number of unbranched alkanes of at least 4 members (excludes halogenated alkanes) is 11. The number of phosphoric ester groups is 1. The number of carbonyl (C=O) groups is 1. The fourth-order valence-corrected chi connectivity index (χ4v) is 5.11. The maximum Gasteiger partial charge on any atom is 0.309 e. The summed E-state index contributed by atoms with van der Waals surface area (Å²) in [6.07, 6.45) is 16.6. The number of ether oxygens (including phenoxy) is 1. The van der Waals surface area contributed by atoms with Crippen LogP contribution >= 0.6 is 19.6 Å². The second-order valence-electron chi connectivity index (χ2n) is 10.4. The number of nitrogens with zero attached hydrogens (tertiary/aromatic N) is 1. The van der Waals surface area contributed by atoms with Crippen LogP contribution in [0.15, 0.2) is 0 Å². The van der Waals surface area contributed by atoms with Gasteiger partial charge in [0.15, 0.2) is 0 Å². The predicted molar refractivity (Wildman–Crippen MR) is 141 cm³/mol. The smallest absolute Gasteiger partial charge is 0.309 e. The van der Waals surface area contributed by atoms with E-state index in [1.165, 1.54) is 77.0 Å². The standard InChI is InChI=1S/C25H52NO6PS/c1-6-7-8-9-10-11-12-13-14-15-16-17-20-34-22-23(2)25(27)31-19-18-24(26(3,4)5)21-32-33(28,29)30/h23-24H,6-22H2,1-5H3,(H-,28,29,30). The Bertz CT molecular complexity index is 552. The van der Waals surface area contributed by atoms with Crippen molar-refractivity contribution in [1.82, 2.24) is 0 Å². The van der Waals surface area contributed by atoms with Gasteiger partial charge >= 0.3 is 5.97 Å². The molecule has 0 rings (SSSR count). The molecule has 1 N–H and O–H groups in total. The van der Waals surface area contributed by atoms with Gasteiger partial charge in [0.2, 0.25) is 0 Å². The van der Waals surface area contributed by atoms with Gasteiger partial charge in [0.25, 0.3) is 7.82 Å². The Hall–Kier alpha value is -0.110. The van der Waals surface area contributed by atoms with Crippen molar-refractivity contribution < 1.29 is 32.9 Å². The highest BCUT2D eigenvalue weighted by atomic mass is 32.2. The topological polar surface area (TPSA) is 95.9 Å². The third kappa shape index (κ3) is 21.2. The average molecular weight is 526 g/mol. The van der Waals surface area contributed by atoms with E-state index < -0.39 is 7.82 Å². The van der Waals surface area contributed by atoms with Crippen molar-refractivity contribution in [2.45, 2.75) is 103 Å². The van der Waals surface area contributed by atoms with E-state index in [0.29, 0.717) is 10.9 Å². The molecule has 0 spiro atoms. The Labute approximate surface area is 213 Å². The lowest BCUT2D eigenvalue weighted by molar-refractivity contribution is -0.896. The normalized spacial score (nSPS) is 15.6. The van der Waals surface area contributed by atoms with Gasteiger partial charge in [-0.05, 0) is 12.2 Å². The molecule has 0 aromatic rings. The van der Waals surface area contributed by atoms with Crippen LogP contribution in [0.2, 0.25) is 0 Å². The van der Waals surface area contributed by atoms with Crippen LogP contribution in [0.3, 0.4) is 0 Å². The Kier molecular flexibility index (Phi) is 19.9. The number of hydrogen-bond acceptors (Lipinski definition) is 6. The van der Waals surface area contributed by atoms with Gasteiger partial charge in [-0.2, -0.15) is 11.8 Å². The van der Waals surface area contributed by atoms with Gasteiger partial charge in [0.05, 0.1) is 33.7 Å². The molecule has 3 atom stereocenters. The highest BCUT2D eigenvalue weighted by molar-refractivity contribution is 7.99. The van der Waals surface area contributed by atoms with Crippen LogP contribution in [0.25, 0.3) is 0 Å². The first-order valence-corrected chi connectivity index (χ1v) is 15.9. The number of quaternary nitrogens is 1. The summed E-state index contributed by atoms with van der Waals surface area (Å²) in [7, 11) is 0.941. The molecule has 0 saturated heterocycles. The summed E-state index contributed by atoms with van der Waals surface area (Å²) in [5.41, 5.74) is 0. The van der Waals surface area contributed by atoms with Gasteiger partial charge in [-0.15, -0.1) is 0 Å². The van der Waals surface area contributed by atoms with E-state index in [9.17, 15) is 14.3 Å². The van der Waals surface area contributed by atoms with E-state index >= 15 is 0 Å². The molecule has 0 bridgehead atoms. The van der Waals surface area contributed by atoms with Crippen molar-refractivity contribution in [1.29, 1.82) is 0 Å². The molecular weight excluding hydrogens is 473 g/mol. The summed E-state index contributed by atoms with van der Waals surface area (Å²) in [5.74, 6) is 1.44. The van der Waals surface area contributed by atoms with E-state index in [1.807, 2.05) is 39.8 Å². The Morgan fingerprint density at radius 2 is 1.47 bits per heavy atom. The third-order valence-electron chi connectivity index (χ3n) is 6.13. The maximum absolute atomic E-state index is 12.2. The second-order valence-corrected chi connectivity index (χ2v) is 12.7. The monoisotopic (exact) mass is 525 g/mol. The molecule has 0 aliphatic rings. The zero-order valence-corrected chi connectivity index (χ0v) is 24.2. The van der Waals surface area contributed by atoms with Gasteiger partial charge in [0, 0.05) is 12.2 Å². The molecule has 0 saturated carbocycles. The van der Waals surface area contributed by atoms with Gasteiger partial charge in [-0.1, -0.05) is 84.5 Å². The highest BCUT2D eigenvalue weighted by Crippen LogP contribution is 2.31. The lowest BCUT2D eigenvalue weighted by Gasteiger charge is -2.34. The Morgan fingerprint density at radius 1 is 0.971 bits per heavy atom. The molecule has 0 amide bonds. The van der Waals surface area contributed by atoms with Crippen LogP contribution < -0.4 is 4.89 Å². The van der Waals surface area contributed by atoms with Crippen molar-refractivity contribution in [3.63, 3.8) is 0 Å². The molecule has 3 unspecified atom stereocenters. The lowest BCUT2D eigenvalue weighted by Crippen LogP contribution is -2.48. The van der Waals surface area contributed by atoms with E-state index in [4.69, 9.17) is 9.63 Å². The highest BCUT2D eigenvalue weighted by Gasteiger charge is 2.26. The first-order chi connectivity index (χ1) is 16.0. The van der Waals surface area contributed by atoms with Gasteiger partial charge in [-0.25, -0.2) is 0 Å². The second kappa shape index (κ2) is 20.0. The summed E-state index contributed by atoms with van der Waals surface area (Å²) in [4.78, 5) is 32.0. The number of likely N-dealkylation sites (N-methyl/N-ethyl adjacent to an activating group) is 1. The zero-order chi connectivity index (χ0) is 25.9. The molecule has 0 aliphatic heterocycles. The summed E-state index contributed by atoms with van der Waals surface area (Å²) >= 11 is 1.81. The number of carbonyl (C=O) groups excluding carboxylic acids is 1. The number of thioether (sulfide) groups is 1. The minimum Gasteiger partial charge on any atom is -0.756 e. The van der Waals surface area contributed by atoms with Crippen LogP contribution in [-0.2, 0) is 18.6 Å².